The van der Waals surface area contributed by atoms with Gasteiger partial charge in [0.1, 0.15) is 6.61 Å². The van der Waals surface area contributed by atoms with Crippen LogP contribution in [0, 0.1) is 34.5 Å². The van der Waals surface area contributed by atoms with E-state index in [0.717, 1.165) is 24.8 Å². The molecule has 6 heteroatoms. The van der Waals surface area contributed by atoms with Crippen LogP contribution in [-0.4, -0.2) is 58.7 Å². The fraction of sp³-hybridized carbons (Fsp3) is 0.739. The highest BCUT2D eigenvalue weighted by molar-refractivity contribution is 6.01. The number of fused-ring (bicyclic) bond motifs is 7. The average Bonchev–Trinajstić information content (AvgIpc) is 3.12. The van der Waals surface area contributed by atoms with E-state index < -0.39 is 23.7 Å². The third-order valence-corrected chi connectivity index (χ3v) is 9.18. The van der Waals surface area contributed by atoms with E-state index in [4.69, 9.17) is 4.84 Å². The zero-order valence-electron chi connectivity index (χ0n) is 17.4. The van der Waals surface area contributed by atoms with Gasteiger partial charge in [0, 0.05) is 36.3 Å². The number of hydrogen-bond donors (Lipinski definition) is 2. The first-order chi connectivity index (χ1) is 13.7. The molecule has 8 atom stereocenters. The van der Waals surface area contributed by atoms with Crippen LogP contribution in [-0.2, 0) is 14.4 Å². The largest absolute Gasteiger partial charge is 0.393 e. The summed E-state index contributed by atoms with van der Waals surface area (Å²) in [6.45, 7) is 4.38. The standard InChI is InChI=1S/C23H31NO5/c1-21-7-6-15(26)8-13(21)4-5-16-17-9-14-11-24(3)29-23(14,19(28)12-25)22(17,2)10-18(27)20(16)21/h6-8,14,16-18,20,25,27H,4-5,9-12H2,1-3H3/t14-,16?,17?,18-,20?,21-,22-,23-/m0/s1. The minimum atomic E-state index is -1.05. The van der Waals surface area contributed by atoms with E-state index in [0.29, 0.717) is 13.0 Å². The number of carbonyl (C=O) groups excluding carboxylic acids is 2. The van der Waals surface area contributed by atoms with Crippen LogP contribution in [0.3, 0.4) is 0 Å². The summed E-state index contributed by atoms with van der Waals surface area (Å²) in [6.07, 6.45) is 7.92. The molecule has 0 amide bonds. The smallest absolute Gasteiger partial charge is 0.192 e. The Morgan fingerprint density at radius 1 is 1.38 bits per heavy atom. The maximum atomic E-state index is 13.1. The lowest BCUT2D eigenvalue weighted by Gasteiger charge is -2.59. The number of nitrogens with zero attached hydrogens (tertiary/aromatic N) is 1. The normalized spacial score (nSPS) is 51.1. The number of ketones is 2. The second kappa shape index (κ2) is 6.10. The van der Waals surface area contributed by atoms with Gasteiger partial charge in [0.15, 0.2) is 17.2 Å². The number of hydrogen-bond acceptors (Lipinski definition) is 6. The minimum absolute atomic E-state index is 0.0290. The first-order valence-corrected chi connectivity index (χ1v) is 10.8. The molecule has 1 saturated heterocycles. The van der Waals surface area contributed by atoms with E-state index in [2.05, 4.69) is 13.8 Å². The Kier molecular flexibility index (Phi) is 4.12. The van der Waals surface area contributed by atoms with Gasteiger partial charge in [0.05, 0.1) is 6.10 Å². The molecule has 3 saturated carbocycles. The molecule has 0 spiro atoms. The number of rotatable bonds is 2. The number of aliphatic hydroxyl groups excluding tert-OH is 2. The van der Waals surface area contributed by atoms with Gasteiger partial charge in [0.2, 0.25) is 0 Å². The highest BCUT2D eigenvalue weighted by atomic mass is 16.7. The van der Waals surface area contributed by atoms with Crippen LogP contribution in [0.2, 0.25) is 0 Å². The summed E-state index contributed by atoms with van der Waals surface area (Å²) in [7, 11) is 1.84. The molecule has 5 rings (SSSR count). The van der Waals surface area contributed by atoms with E-state index in [1.807, 2.05) is 13.1 Å². The molecule has 4 fully saturated rings. The summed E-state index contributed by atoms with van der Waals surface area (Å²) in [5, 5.41) is 23.0. The van der Waals surface area contributed by atoms with Gasteiger partial charge in [0.25, 0.3) is 0 Å². The van der Waals surface area contributed by atoms with Crippen LogP contribution in [0.25, 0.3) is 0 Å². The van der Waals surface area contributed by atoms with Gasteiger partial charge < -0.3 is 10.2 Å². The van der Waals surface area contributed by atoms with E-state index in [1.165, 1.54) is 0 Å². The molecule has 0 aromatic carbocycles. The van der Waals surface area contributed by atoms with Crippen molar-refractivity contribution in [1.29, 1.82) is 0 Å². The fourth-order valence-electron chi connectivity index (χ4n) is 8.16. The zero-order valence-corrected chi connectivity index (χ0v) is 17.4. The molecule has 158 valence electrons. The molecular formula is C23H31NO5. The highest BCUT2D eigenvalue weighted by Gasteiger charge is 2.74. The molecule has 3 unspecified atom stereocenters. The van der Waals surface area contributed by atoms with Gasteiger partial charge >= 0.3 is 0 Å². The molecule has 1 heterocycles. The Morgan fingerprint density at radius 2 is 2.14 bits per heavy atom. The van der Waals surface area contributed by atoms with Gasteiger partial charge in [-0.05, 0) is 49.7 Å². The van der Waals surface area contributed by atoms with Crippen LogP contribution in [0.5, 0.6) is 0 Å². The van der Waals surface area contributed by atoms with Crippen LogP contribution in [0.15, 0.2) is 23.8 Å². The summed E-state index contributed by atoms with van der Waals surface area (Å²) in [4.78, 5) is 31.2. The number of carbonyl (C=O) groups is 2. The first-order valence-electron chi connectivity index (χ1n) is 10.8. The lowest BCUT2D eigenvalue weighted by Crippen LogP contribution is -2.63. The molecular weight excluding hydrogens is 370 g/mol. The second-order valence-electron chi connectivity index (χ2n) is 10.4. The lowest BCUT2D eigenvalue weighted by molar-refractivity contribution is -0.243. The van der Waals surface area contributed by atoms with Crippen LogP contribution >= 0.6 is 0 Å². The number of Topliss-reactive ketones (excluding diaryl/α,β-unsaturated/α-hetero) is 1. The Morgan fingerprint density at radius 3 is 2.86 bits per heavy atom. The van der Waals surface area contributed by atoms with E-state index >= 15 is 0 Å². The first kappa shape index (κ1) is 19.6. The number of aliphatic hydroxyl groups is 2. The zero-order chi connectivity index (χ0) is 20.8. The van der Waals surface area contributed by atoms with Crippen LogP contribution in [0.1, 0.15) is 39.5 Å². The summed E-state index contributed by atoms with van der Waals surface area (Å²) in [5.41, 5.74) is -0.762. The Labute approximate surface area is 171 Å². The minimum Gasteiger partial charge on any atom is -0.393 e. The third kappa shape index (κ3) is 2.26. The van der Waals surface area contributed by atoms with Crippen molar-refractivity contribution in [1.82, 2.24) is 5.06 Å². The maximum absolute atomic E-state index is 13.1. The Hall–Kier alpha value is -1.34. The van der Waals surface area contributed by atoms with E-state index in [9.17, 15) is 19.8 Å². The van der Waals surface area contributed by atoms with Crippen molar-refractivity contribution in [3.8, 4) is 0 Å². The lowest BCUT2D eigenvalue weighted by atomic mass is 9.46. The van der Waals surface area contributed by atoms with Gasteiger partial charge in [-0.25, -0.2) is 0 Å². The van der Waals surface area contributed by atoms with Crippen molar-refractivity contribution in [2.75, 3.05) is 20.2 Å². The average molecular weight is 402 g/mol. The topological polar surface area (TPSA) is 87.1 Å². The van der Waals surface area contributed by atoms with Gasteiger partial charge in [-0.15, -0.1) is 0 Å². The van der Waals surface area contributed by atoms with Crippen LogP contribution in [0.4, 0.5) is 0 Å². The van der Waals surface area contributed by atoms with Gasteiger partial charge in [-0.1, -0.05) is 25.5 Å². The van der Waals surface area contributed by atoms with E-state index in [-0.39, 0.29) is 40.7 Å². The molecule has 29 heavy (non-hydrogen) atoms. The molecule has 6 nitrogen and oxygen atoms in total. The quantitative estimate of drug-likeness (QED) is 0.732. The molecule has 0 radical (unpaired) electrons. The molecule has 0 aromatic rings. The Bertz CT molecular complexity index is 835. The number of allylic oxidation sites excluding steroid dienone is 4. The van der Waals surface area contributed by atoms with Crippen molar-refractivity contribution in [3.05, 3.63) is 23.8 Å². The monoisotopic (exact) mass is 401 g/mol. The molecule has 0 bridgehead atoms. The molecule has 2 N–H and O–H groups in total. The SMILES string of the molecule is CN1C[C@@H]2CC3C4CCC5=CC(=O)C=C[C@]5(C)C4[C@@H](O)C[C@]3(C)[C@]2(C(=O)CO)O1. The van der Waals surface area contributed by atoms with Crippen molar-refractivity contribution in [2.24, 2.45) is 34.5 Å². The summed E-state index contributed by atoms with van der Waals surface area (Å²) < 4.78 is 0. The summed E-state index contributed by atoms with van der Waals surface area (Å²) >= 11 is 0. The van der Waals surface area contributed by atoms with Crippen molar-refractivity contribution >= 4 is 11.6 Å². The summed E-state index contributed by atoms with van der Waals surface area (Å²) in [5.74, 6) is 0.337. The molecule has 0 aromatic heterocycles. The van der Waals surface area contributed by atoms with E-state index in [1.54, 1.807) is 17.2 Å². The predicted molar refractivity (Wildman–Crippen MR) is 105 cm³/mol. The molecule has 5 aliphatic rings. The Balaban J connectivity index is 1.59. The number of hydroxylamine groups is 2. The van der Waals surface area contributed by atoms with Crippen LogP contribution < -0.4 is 0 Å². The van der Waals surface area contributed by atoms with Crippen molar-refractivity contribution < 1.29 is 24.6 Å². The summed E-state index contributed by atoms with van der Waals surface area (Å²) in [6, 6.07) is 0. The van der Waals surface area contributed by atoms with Crippen molar-refractivity contribution in [2.45, 2.75) is 51.2 Å². The second-order valence-corrected chi connectivity index (χ2v) is 10.4. The maximum Gasteiger partial charge on any atom is 0.192 e. The fourth-order valence-corrected chi connectivity index (χ4v) is 8.16. The predicted octanol–water partition coefficient (Wildman–Crippen LogP) is 1.67. The highest BCUT2D eigenvalue weighted by Crippen LogP contribution is 2.70. The van der Waals surface area contributed by atoms with Gasteiger partial charge in [-0.2, -0.15) is 5.06 Å². The van der Waals surface area contributed by atoms with Gasteiger partial charge in [-0.3, -0.25) is 14.4 Å². The molecule has 1 aliphatic heterocycles. The third-order valence-electron chi connectivity index (χ3n) is 9.18. The molecule has 4 aliphatic carbocycles. The van der Waals surface area contributed by atoms with Crippen molar-refractivity contribution in [3.63, 3.8) is 0 Å².